The van der Waals surface area contributed by atoms with Crippen LogP contribution in [-0.2, 0) is 26.6 Å². The van der Waals surface area contributed by atoms with Crippen LogP contribution >= 0.6 is 11.3 Å². The number of fused-ring (bicyclic) bond motifs is 1. The van der Waals surface area contributed by atoms with Gasteiger partial charge in [-0.15, -0.1) is 11.3 Å². The standard InChI is InChI=1S/C19H21N7O3S/c1-12-21-13(9-30-12)8-26-18(29)17(28)25-11-19(7-15(25)22-26)4-6-24(10-19)16(27)14-3-5-20-23(14)2/h3,5,9H,4,6-8,10-11H2,1-2H3. The number of hydrogen-bond donors (Lipinski definition) is 0. The molecule has 0 saturated carbocycles. The van der Waals surface area contributed by atoms with E-state index in [1.807, 2.05) is 12.3 Å². The van der Waals surface area contributed by atoms with Gasteiger partial charge >= 0.3 is 11.1 Å². The molecular weight excluding hydrogens is 406 g/mol. The molecule has 2 aliphatic heterocycles. The summed E-state index contributed by atoms with van der Waals surface area (Å²) in [7, 11) is 1.74. The number of nitrogens with zero attached hydrogens (tertiary/aromatic N) is 7. The van der Waals surface area contributed by atoms with Crippen LogP contribution in [0.5, 0.6) is 0 Å². The molecule has 5 rings (SSSR count). The lowest BCUT2D eigenvalue weighted by Crippen LogP contribution is -2.43. The molecule has 3 aromatic heterocycles. The number of amides is 1. The van der Waals surface area contributed by atoms with Gasteiger partial charge in [0.1, 0.15) is 11.5 Å². The molecule has 0 radical (unpaired) electrons. The summed E-state index contributed by atoms with van der Waals surface area (Å²) >= 11 is 1.50. The molecule has 1 fully saturated rings. The number of carbonyl (C=O) groups excluding carboxylic acids is 1. The van der Waals surface area contributed by atoms with Crippen molar-refractivity contribution in [2.24, 2.45) is 12.5 Å². The Morgan fingerprint density at radius 3 is 2.80 bits per heavy atom. The number of hydrogen-bond acceptors (Lipinski definition) is 7. The lowest BCUT2D eigenvalue weighted by atomic mass is 9.86. The molecule has 0 aliphatic carbocycles. The predicted molar refractivity (Wildman–Crippen MR) is 109 cm³/mol. The van der Waals surface area contributed by atoms with E-state index in [9.17, 15) is 14.4 Å². The molecule has 3 aromatic rings. The highest BCUT2D eigenvalue weighted by Crippen LogP contribution is 2.39. The van der Waals surface area contributed by atoms with Crippen molar-refractivity contribution in [2.75, 3.05) is 13.1 Å². The third-order valence-corrected chi connectivity index (χ3v) is 6.80. The lowest BCUT2D eigenvalue weighted by Gasteiger charge is -2.22. The molecule has 0 bridgehead atoms. The Hall–Kier alpha value is -3.08. The lowest BCUT2D eigenvalue weighted by molar-refractivity contribution is 0.0761. The number of thiazole rings is 1. The fourth-order valence-corrected chi connectivity index (χ4v) is 5.08. The van der Waals surface area contributed by atoms with Crippen LogP contribution in [0.2, 0.25) is 0 Å². The average Bonchev–Trinajstić information content (AvgIpc) is 3.48. The van der Waals surface area contributed by atoms with E-state index in [0.29, 0.717) is 37.6 Å². The van der Waals surface area contributed by atoms with Gasteiger partial charge in [-0.1, -0.05) is 0 Å². The van der Waals surface area contributed by atoms with Gasteiger partial charge in [-0.05, 0) is 19.4 Å². The van der Waals surface area contributed by atoms with Gasteiger partial charge in [-0.3, -0.25) is 23.6 Å². The Morgan fingerprint density at radius 1 is 1.27 bits per heavy atom. The van der Waals surface area contributed by atoms with E-state index in [1.165, 1.54) is 20.6 Å². The quantitative estimate of drug-likeness (QED) is 0.546. The maximum atomic E-state index is 12.8. The largest absolute Gasteiger partial charge is 0.337 e. The Labute approximate surface area is 175 Å². The second-order valence-electron chi connectivity index (χ2n) is 8.12. The normalized spacial score (nSPS) is 20.3. The maximum Gasteiger partial charge on any atom is 0.332 e. The van der Waals surface area contributed by atoms with Gasteiger partial charge in [-0.2, -0.15) is 10.2 Å². The van der Waals surface area contributed by atoms with Gasteiger partial charge in [-0.25, -0.2) is 9.67 Å². The third kappa shape index (κ3) is 3.00. The van der Waals surface area contributed by atoms with Gasteiger partial charge < -0.3 is 4.90 Å². The number of likely N-dealkylation sites (tertiary alicyclic amines) is 1. The van der Waals surface area contributed by atoms with Crippen LogP contribution in [0.25, 0.3) is 0 Å². The van der Waals surface area contributed by atoms with Crippen LogP contribution in [0.1, 0.15) is 33.4 Å². The zero-order valence-corrected chi connectivity index (χ0v) is 17.6. The second-order valence-corrected chi connectivity index (χ2v) is 9.18. The van der Waals surface area contributed by atoms with Crippen molar-refractivity contribution >= 4 is 17.2 Å². The molecule has 1 amide bonds. The van der Waals surface area contributed by atoms with E-state index in [0.717, 1.165) is 17.1 Å². The number of rotatable bonds is 3. The Bertz CT molecular complexity index is 1270. The molecule has 1 unspecified atom stereocenters. The van der Waals surface area contributed by atoms with Crippen molar-refractivity contribution in [1.82, 2.24) is 34.0 Å². The highest BCUT2D eigenvalue weighted by atomic mass is 32.1. The summed E-state index contributed by atoms with van der Waals surface area (Å²) in [6.45, 7) is 3.62. The van der Waals surface area contributed by atoms with Crippen molar-refractivity contribution in [3.63, 3.8) is 0 Å². The summed E-state index contributed by atoms with van der Waals surface area (Å²) in [6, 6.07) is 1.70. The van der Waals surface area contributed by atoms with E-state index in [4.69, 9.17) is 0 Å². The fraction of sp³-hybridized carbons (Fsp3) is 0.474. The number of carbonyl (C=O) groups is 1. The molecule has 1 atom stereocenters. The molecule has 11 heteroatoms. The van der Waals surface area contributed by atoms with Crippen LogP contribution in [0.4, 0.5) is 0 Å². The summed E-state index contributed by atoms with van der Waals surface area (Å²) < 4.78 is 4.27. The first kappa shape index (κ1) is 18.9. The van der Waals surface area contributed by atoms with Crippen molar-refractivity contribution in [1.29, 1.82) is 0 Å². The van der Waals surface area contributed by atoms with Crippen LogP contribution in [0, 0.1) is 12.3 Å². The van der Waals surface area contributed by atoms with Gasteiger partial charge in [0.15, 0.2) is 0 Å². The van der Waals surface area contributed by atoms with E-state index < -0.39 is 11.1 Å². The monoisotopic (exact) mass is 427 g/mol. The number of aryl methyl sites for hydroxylation is 2. The highest BCUT2D eigenvalue weighted by molar-refractivity contribution is 7.09. The van der Waals surface area contributed by atoms with E-state index in [2.05, 4.69) is 15.2 Å². The minimum atomic E-state index is -0.637. The topological polar surface area (TPSA) is 108 Å². The number of aromatic nitrogens is 6. The first-order valence-electron chi connectivity index (χ1n) is 9.74. The molecule has 0 N–H and O–H groups in total. The Balaban J connectivity index is 1.40. The summed E-state index contributed by atoms with van der Waals surface area (Å²) in [5.74, 6) is 0.531. The van der Waals surface area contributed by atoms with Crippen molar-refractivity contribution in [3.05, 3.63) is 60.6 Å². The molecule has 10 nitrogen and oxygen atoms in total. The Kier molecular flexibility index (Phi) is 4.24. The van der Waals surface area contributed by atoms with E-state index >= 15 is 0 Å². The van der Waals surface area contributed by atoms with Gasteiger partial charge in [0, 0.05) is 50.1 Å². The molecule has 0 aromatic carbocycles. The zero-order valence-electron chi connectivity index (χ0n) is 16.7. The highest BCUT2D eigenvalue weighted by Gasteiger charge is 2.46. The summed E-state index contributed by atoms with van der Waals surface area (Å²) in [5.41, 5.74) is -0.201. The molecule has 30 heavy (non-hydrogen) atoms. The van der Waals surface area contributed by atoms with Crippen LogP contribution in [-0.4, -0.2) is 53.0 Å². The first-order chi connectivity index (χ1) is 14.3. The second kappa shape index (κ2) is 6.73. The smallest absolute Gasteiger partial charge is 0.332 e. The summed E-state index contributed by atoms with van der Waals surface area (Å²) in [4.78, 5) is 44.3. The molecular formula is C19H21N7O3S. The average molecular weight is 427 g/mol. The molecule has 2 aliphatic rings. The van der Waals surface area contributed by atoms with Crippen LogP contribution in [0.3, 0.4) is 0 Å². The third-order valence-electron chi connectivity index (χ3n) is 5.98. The summed E-state index contributed by atoms with van der Waals surface area (Å²) in [6.07, 6.45) is 2.93. The molecule has 5 heterocycles. The van der Waals surface area contributed by atoms with Crippen LogP contribution in [0.15, 0.2) is 27.2 Å². The Morgan fingerprint density at radius 2 is 2.10 bits per heavy atom. The van der Waals surface area contributed by atoms with Crippen molar-refractivity contribution in [3.8, 4) is 0 Å². The van der Waals surface area contributed by atoms with Gasteiger partial charge in [0.25, 0.3) is 5.91 Å². The SMILES string of the molecule is Cc1nc(Cn2nc3n(c(=O)c2=O)CC2(CCN(C(=O)c4ccnn4C)C2)C3)cs1. The van der Waals surface area contributed by atoms with Crippen molar-refractivity contribution < 1.29 is 4.79 Å². The predicted octanol–water partition coefficient (Wildman–Crippen LogP) is 0.0403. The maximum absolute atomic E-state index is 12.8. The molecule has 1 saturated heterocycles. The first-order valence-corrected chi connectivity index (χ1v) is 10.6. The minimum absolute atomic E-state index is 0.0679. The van der Waals surface area contributed by atoms with Gasteiger partial charge in [0.05, 0.1) is 17.2 Å². The summed E-state index contributed by atoms with van der Waals surface area (Å²) in [5, 5.41) is 11.3. The zero-order chi connectivity index (χ0) is 21.0. The minimum Gasteiger partial charge on any atom is -0.337 e. The molecule has 1 spiro atoms. The fourth-order valence-electron chi connectivity index (χ4n) is 4.47. The van der Waals surface area contributed by atoms with Gasteiger partial charge in [0.2, 0.25) is 0 Å². The van der Waals surface area contributed by atoms with E-state index in [1.54, 1.807) is 28.9 Å². The van der Waals surface area contributed by atoms with E-state index in [-0.39, 0.29) is 17.9 Å². The van der Waals surface area contributed by atoms with Crippen molar-refractivity contribution in [2.45, 2.75) is 32.9 Å². The molecule has 156 valence electrons. The van der Waals surface area contributed by atoms with Crippen LogP contribution < -0.4 is 11.1 Å².